The zero-order chi connectivity index (χ0) is 13.1. The molecule has 1 amide bonds. The van der Waals surface area contributed by atoms with Gasteiger partial charge in [-0.3, -0.25) is 9.79 Å². The molecule has 0 aliphatic carbocycles. The van der Waals surface area contributed by atoms with Gasteiger partial charge < -0.3 is 5.32 Å². The second kappa shape index (κ2) is 5.42. The molecule has 0 atom stereocenters. The number of rotatable bonds is 4. The molecule has 1 rings (SSSR count). The number of hydrogen-bond donors (Lipinski definition) is 1. The molecule has 0 bridgehead atoms. The molecule has 1 N–H and O–H groups in total. The smallest absolute Gasteiger partial charge is 0.226 e. The topological polar surface area (TPSA) is 41.5 Å². The maximum Gasteiger partial charge on any atom is 0.226 e. The van der Waals surface area contributed by atoms with Crippen LogP contribution in [-0.2, 0) is 4.79 Å². The highest BCUT2D eigenvalue weighted by Gasteiger charge is 2.27. The van der Waals surface area contributed by atoms with E-state index in [1.807, 2.05) is 0 Å². The van der Waals surface area contributed by atoms with Crippen LogP contribution < -0.4 is 5.32 Å². The minimum Gasteiger partial charge on any atom is -0.351 e. The molecule has 98 valence electrons. The van der Waals surface area contributed by atoms with Gasteiger partial charge in [0.1, 0.15) is 0 Å². The van der Waals surface area contributed by atoms with Gasteiger partial charge in [-0.05, 0) is 25.7 Å². The Morgan fingerprint density at radius 1 is 1.35 bits per heavy atom. The van der Waals surface area contributed by atoms with E-state index in [-0.39, 0.29) is 16.9 Å². The number of nitrogens with one attached hydrogen (secondary N) is 1. The monoisotopic (exact) mass is 256 g/mol. The summed E-state index contributed by atoms with van der Waals surface area (Å²) in [4.78, 5) is 16.2. The molecule has 0 aromatic carbocycles. The van der Waals surface area contributed by atoms with Crippen molar-refractivity contribution in [2.75, 3.05) is 12.3 Å². The van der Waals surface area contributed by atoms with E-state index in [1.165, 1.54) is 0 Å². The average Bonchev–Trinajstić information content (AvgIpc) is 2.49. The average molecular weight is 256 g/mol. The Balaban J connectivity index is 2.43. The van der Waals surface area contributed by atoms with Gasteiger partial charge in [-0.1, -0.05) is 20.8 Å². The van der Waals surface area contributed by atoms with Gasteiger partial charge in [0.2, 0.25) is 5.91 Å². The first-order valence-corrected chi connectivity index (χ1v) is 7.14. The van der Waals surface area contributed by atoms with Crippen LogP contribution in [0.2, 0.25) is 0 Å². The predicted molar refractivity (Wildman–Crippen MR) is 75.7 cm³/mol. The van der Waals surface area contributed by atoms with Crippen molar-refractivity contribution >= 4 is 22.7 Å². The van der Waals surface area contributed by atoms with E-state index in [2.05, 4.69) is 44.9 Å². The van der Waals surface area contributed by atoms with Crippen molar-refractivity contribution in [2.24, 2.45) is 10.4 Å². The van der Waals surface area contributed by atoms with Crippen LogP contribution in [0.4, 0.5) is 0 Å². The molecule has 0 spiro atoms. The lowest BCUT2D eigenvalue weighted by atomic mass is 9.82. The summed E-state index contributed by atoms with van der Waals surface area (Å²) in [7, 11) is 0. The maximum absolute atomic E-state index is 11.9. The van der Waals surface area contributed by atoms with E-state index in [4.69, 9.17) is 0 Å². The Labute approximate surface area is 109 Å². The van der Waals surface area contributed by atoms with Crippen LogP contribution in [-0.4, -0.2) is 28.8 Å². The highest BCUT2D eigenvalue weighted by Crippen LogP contribution is 2.27. The molecule has 0 unspecified atom stereocenters. The van der Waals surface area contributed by atoms with Crippen molar-refractivity contribution in [3.8, 4) is 0 Å². The molecule has 1 heterocycles. The van der Waals surface area contributed by atoms with Crippen molar-refractivity contribution < 1.29 is 4.79 Å². The molecule has 0 saturated heterocycles. The van der Waals surface area contributed by atoms with Crippen LogP contribution in [0.15, 0.2) is 4.99 Å². The minimum atomic E-state index is -0.154. The maximum atomic E-state index is 11.9. The van der Waals surface area contributed by atoms with Crippen LogP contribution >= 0.6 is 11.8 Å². The first-order valence-electron chi connectivity index (χ1n) is 6.15. The van der Waals surface area contributed by atoms with Crippen LogP contribution in [0.5, 0.6) is 0 Å². The normalized spacial score (nSPS) is 16.9. The molecule has 0 fully saturated rings. The van der Waals surface area contributed by atoms with E-state index < -0.39 is 0 Å². The summed E-state index contributed by atoms with van der Waals surface area (Å²) in [5.41, 5.74) is 0.0651. The third kappa shape index (κ3) is 6.10. The molecule has 4 heteroatoms. The Hall–Kier alpha value is -0.510. The number of thioether (sulfide) groups is 1. The third-order valence-corrected chi connectivity index (χ3v) is 3.40. The van der Waals surface area contributed by atoms with E-state index in [1.54, 1.807) is 11.8 Å². The van der Waals surface area contributed by atoms with Gasteiger partial charge in [0.05, 0.1) is 11.5 Å². The van der Waals surface area contributed by atoms with Gasteiger partial charge in [0.15, 0.2) is 0 Å². The third-order valence-electron chi connectivity index (χ3n) is 2.41. The van der Waals surface area contributed by atoms with Crippen molar-refractivity contribution in [3.63, 3.8) is 0 Å². The van der Waals surface area contributed by atoms with Crippen LogP contribution in [0.1, 0.15) is 47.5 Å². The van der Waals surface area contributed by atoms with E-state index >= 15 is 0 Å². The van der Waals surface area contributed by atoms with Crippen LogP contribution in [0, 0.1) is 5.41 Å². The van der Waals surface area contributed by atoms with Crippen molar-refractivity contribution in [1.29, 1.82) is 0 Å². The Kier molecular flexibility index (Phi) is 4.64. The highest BCUT2D eigenvalue weighted by molar-refractivity contribution is 8.14. The summed E-state index contributed by atoms with van der Waals surface area (Å²) >= 11 is 1.70. The van der Waals surface area contributed by atoms with Gasteiger partial charge in [-0.2, -0.15) is 0 Å². The predicted octanol–water partition coefficient (Wildman–Crippen LogP) is 2.85. The number of aliphatic imine (C=N–C) groups is 1. The molecule has 0 radical (unpaired) electrons. The summed E-state index contributed by atoms with van der Waals surface area (Å²) in [6, 6.07) is 0. The second-order valence-corrected chi connectivity index (χ2v) is 7.64. The second-order valence-electron chi connectivity index (χ2n) is 6.47. The highest BCUT2D eigenvalue weighted by atomic mass is 32.2. The van der Waals surface area contributed by atoms with Gasteiger partial charge in [-0.15, -0.1) is 11.8 Å². The molecular weight excluding hydrogens is 232 g/mol. The van der Waals surface area contributed by atoms with Gasteiger partial charge in [0.25, 0.3) is 0 Å². The van der Waals surface area contributed by atoms with E-state index in [0.29, 0.717) is 6.42 Å². The van der Waals surface area contributed by atoms with Crippen LogP contribution in [0.25, 0.3) is 0 Å². The zero-order valence-corrected chi connectivity index (χ0v) is 12.4. The molecule has 1 aliphatic rings. The van der Waals surface area contributed by atoms with Crippen molar-refractivity contribution in [1.82, 2.24) is 5.32 Å². The molecule has 1 aliphatic heterocycles. The van der Waals surface area contributed by atoms with Gasteiger partial charge in [-0.25, -0.2) is 0 Å². The van der Waals surface area contributed by atoms with E-state index in [0.717, 1.165) is 23.8 Å². The first kappa shape index (κ1) is 14.6. The lowest BCUT2D eigenvalue weighted by Crippen LogP contribution is -2.46. The molecular formula is C13H24N2OS. The lowest BCUT2D eigenvalue weighted by Gasteiger charge is -2.33. The summed E-state index contributed by atoms with van der Waals surface area (Å²) in [6.07, 6.45) is 1.41. The Bertz CT molecular complexity index is 316. The van der Waals surface area contributed by atoms with E-state index in [9.17, 15) is 4.79 Å². The number of carbonyl (C=O) groups is 1. The summed E-state index contributed by atoms with van der Waals surface area (Å²) in [5.74, 6) is 1.11. The Morgan fingerprint density at radius 2 is 2.00 bits per heavy atom. The molecule has 17 heavy (non-hydrogen) atoms. The Morgan fingerprint density at radius 3 is 2.47 bits per heavy atom. The SMILES string of the molecule is CC(C)(C)CC(C)(C)NC(=O)CC1=NCCS1. The minimum absolute atomic E-state index is 0.0902. The number of nitrogens with zero attached hydrogens (tertiary/aromatic N) is 1. The first-order chi connectivity index (χ1) is 7.68. The number of amides is 1. The fraction of sp³-hybridized carbons (Fsp3) is 0.846. The fourth-order valence-corrected chi connectivity index (χ4v) is 3.25. The van der Waals surface area contributed by atoms with Gasteiger partial charge >= 0.3 is 0 Å². The summed E-state index contributed by atoms with van der Waals surface area (Å²) in [5, 5.41) is 4.09. The lowest BCUT2D eigenvalue weighted by molar-refractivity contribution is -0.121. The van der Waals surface area contributed by atoms with Crippen molar-refractivity contribution in [2.45, 2.75) is 53.0 Å². The fourth-order valence-electron chi connectivity index (χ4n) is 2.42. The van der Waals surface area contributed by atoms with Crippen LogP contribution in [0.3, 0.4) is 0 Å². The number of hydrogen-bond acceptors (Lipinski definition) is 3. The molecule has 3 nitrogen and oxygen atoms in total. The molecule has 0 aromatic heterocycles. The largest absolute Gasteiger partial charge is 0.351 e. The summed E-state index contributed by atoms with van der Waals surface area (Å²) < 4.78 is 0. The molecule has 0 aromatic rings. The standard InChI is InChI=1S/C13H24N2OS/c1-12(2,3)9-13(4,5)15-10(16)8-11-14-6-7-17-11/h6-9H2,1-5H3,(H,15,16). The zero-order valence-electron chi connectivity index (χ0n) is 11.6. The van der Waals surface area contributed by atoms with Crippen molar-refractivity contribution in [3.05, 3.63) is 0 Å². The number of carbonyl (C=O) groups excluding carboxylic acids is 1. The van der Waals surface area contributed by atoms with Gasteiger partial charge in [0, 0.05) is 17.8 Å². The quantitative estimate of drug-likeness (QED) is 0.840. The molecule has 0 saturated carbocycles. The summed E-state index contributed by atoms with van der Waals surface area (Å²) in [6.45, 7) is 11.6.